The Bertz CT molecular complexity index is 473. The van der Waals surface area contributed by atoms with Crippen molar-refractivity contribution in [2.45, 2.75) is 19.4 Å². The molecule has 0 atom stereocenters. The second-order valence-electron chi connectivity index (χ2n) is 3.89. The van der Waals surface area contributed by atoms with Gasteiger partial charge in [0.05, 0.1) is 13.2 Å². The van der Waals surface area contributed by atoms with Crippen LogP contribution in [0.5, 0.6) is 0 Å². The molecule has 0 radical (unpaired) electrons. The van der Waals surface area contributed by atoms with Gasteiger partial charge in [-0.15, -0.1) is 0 Å². The molecule has 0 aliphatic rings. The highest BCUT2D eigenvalue weighted by Gasteiger charge is 2.49. The largest absolute Gasteiger partial charge is 0.463 e. The topological polar surface area (TPSA) is 89.9 Å². The molecule has 108 valence electrons. The number of hydrogen-bond acceptors (Lipinski definition) is 6. The molecule has 0 bridgehead atoms. The second-order valence-corrected chi connectivity index (χ2v) is 3.89. The normalized spacial score (nSPS) is 10.8. The first-order valence-corrected chi connectivity index (χ1v) is 6.13. The van der Waals surface area contributed by atoms with Gasteiger partial charge in [-0.1, -0.05) is 24.3 Å². The van der Waals surface area contributed by atoms with Gasteiger partial charge in [-0.2, -0.15) is 0 Å². The van der Waals surface area contributed by atoms with Crippen molar-refractivity contribution in [1.82, 2.24) is 0 Å². The van der Waals surface area contributed by atoms with Crippen LogP contribution in [0.1, 0.15) is 29.8 Å². The average Bonchev–Trinajstić information content (AvgIpc) is 2.47. The van der Waals surface area contributed by atoms with E-state index in [0.29, 0.717) is 11.8 Å². The van der Waals surface area contributed by atoms with E-state index in [1.165, 1.54) is 24.3 Å². The van der Waals surface area contributed by atoms with E-state index in [2.05, 4.69) is 0 Å². The molecule has 0 saturated heterocycles. The summed E-state index contributed by atoms with van der Waals surface area (Å²) in [4.78, 5) is 34.4. The Balaban J connectivity index is 3.24. The number of esters is 2. The van der Waals surface area contributed by atoms with Crippen LogP contribution in [0, 0.1) is 0 Å². The Hall–Kier alpha value is -2.21. The molecule has 6 nitrogen and oxygen atoms in total. The Morgan fingerprint density at radius 3 is 1.90 bits per heavy atom. The van der Waals surface area contributed by atoms with Crippen LogP contribution in [0.2, 0.25) is 0 Å². The fourth-order valence-electron chi connectivity index (χ4n) is 1.59. The van der Waals surface area contributed by atoms with Crippen LogP contribution in [0.3, 0.4) is 0 Å². The standard InChI is InChI=1S/C14H16O6/c1-3-19-12(16)14(18,13(17)20-4-2)11-7-5-10(9-15)6-8-11/h5-9,18H,3-4H2,1-2H3. The SMILES string of the molecule is CCOC(=O)C(O)(C(=O)OCC)c1ccc(C=O)cc1. The summed E-state index contributed by atoms with van der Waals surface area (Å²) in [5.41, 5.74) is -2.20. The highest BCUT2D eigenvalue weighted by molar-refractivity contribution is 6.04. The van der Waals surface area contributed by atoms with Gasteiger partial charge in [0.2, 0.25) is 0 Å². The molecule has 1 aromatic rings. The van der Waals surface area contributed by atoms with Crippen LogP contribution in [-0.2, 0) is 24.7 Å². The predicted molar refractivity (Wildman–Crippen MR) is 69.0 cm³/mol. The molecule has 0 aliphatic carbocycles. The van der Waals surface area contributed by atoms with Gasteiger partial charge in [0.25, 0.3) is 5.60 Å². The number of hydrogen-bond donors (Lipinski definition) is 1. The zero-order valence-corrected chi connectivity index (χ0v) is 11.3. The van der Waals surface area contributed by atoms with Gasteiger partial charge in [-0.05, 0) is 13.8 Å². The van der Waals surface area contributed by atoms with Crippen molar-refractivity contribution in [1.29, 1.82) is 0 Å². The minimum Gasteiger partial charge on any atom is -0.463 e. The number of aldehydes is 1. The van der Waals surface area contributed by atoms with Crippen molar-refractivity contribution in [3.05, 3.63) is 35.4 Å². The molecular weight excluding hydrogens is 264 g/mol. The Morgan fingerprint density at radius 1 is 1.10 bits per heavy atom. The number of ether oxygens (including phenoxy) is 2. The summed E-state index contributed by atoms with van der Waals surface area (Å²) in [7, 11) is 0. The average molecular weight is 280 g/mol. The van der Waals surface area contributed by atoms with Crippen molar-refractivity contribution < 1.29 is 29.0 Å². The molecule has 0 unspecified atom stereocenters. The number of carbonyl (C=O) groups is 3. The third-order valence-electron chi connectivity index (χ3n) is 2.61. The maximum atomic E-state index is 11.9. The molecule has 1 rings (SSSR count). The molecule has 20 heavy (non-hydrogen) atoms. The lowest BCUT2D eigenvalue weighted by atomic mass is 9.93. The summed E-state index contributed by atoms with van der Waals surface area (Å²) in [5, 5.41) is 10.4. The van der Waals surface area contributed by atoms with E-state index >= 15 is 0 Å². The van der Waals surface area contributed by atoms with Gasteiger partial charge in [0.15, 0.2) is 0 Å². The van der Waals surface area contributed by atoms with E-state index < -0.39 is 17.5 Å². The molecule has 0 saturated carbocycles. The van der Waals surface area contributed by atoms with Crippen molar-refractivity contribution >= 4 is 18.2 Å². The first kappa shape index (κ1) is 15.8. The number of carbonyl (C=O) groups excluding carboxylic acids is 3. The van der Waals surface area contributed by atoms with Crippen molar-refractivity contribution in [3.8, 4) is 0 Å². The van der Waals surface area contributed by atoms with E-state index in [1.807, 2.05) is 0 Å². The maximum absolute atomic E-state index is 11.9. The summed E-state index contributed by atoms with van der Waals surface area (Å²) in [6.07, 6.45) is 0.609. The molecule has 0 aliphatic heterocycles. The molecule has 0 fully saturated rings. The molecule has 0 spiro atoms. The summed E-state index contributed by atoms with van der Waals surface area (Å²) < 4.78 is 9.45. The van der Waals surface area contributed by atoms with Crippen LogP contribution in [0.4, 0.5) is 0 Å². The molecule has 0 heterocycles. The third-order valence-corrected chi connectivity index (χ3v) is 2.61. The zero-order valence-electron chi connectivity index (χ0n) is 11.3. The van der Waals surface area contributed by atoms with E-state index in [1.54, 1.807) is 13.8 Å². The fourth-order valence-corrected chi connectivity index (χ4v) is 1.59. The van der Waals surface area contributed by atoms with Crippen LogP contribution < -0.4 is 0 Å². The molecular formula is C14H16O6. The molecule has 0 amide bonds. The van der Waals surface area contributed by atoms with Gasteiger partial charge in [-0.25, -0.2) is 9.59 Å². The smallest absolute Gasteiger partial charge is 0.354 e. The highest BCUT2D eigenvalue weighted by atomic mass is 16.6. The lowest BCUT2D eigenvalue weighted by molar-refractivity contribution is -0.184. The van der Waals surface area contributed by atoms with Gasteiger partial charge in [0, 0.05) is 11.1 Å². The summed E-state index contributed by atoms with van der Waals surface area (Å²) in [5.74, 6) is -2.23. The van der Waals surface area contributed by atoms with Crippen LogP contribution in [0.25, 0.3) is 0 Å². The Morgan fingerprint density at radius 2 is 1.55 bits per heavy atom. The minimum absolute atomic E-state index is 0.00691. The number of rotatable bonds is 6. The van der Waals surface area contributed by atoms with Crippen LogP contribution in [-0.4, -0.2) is 36.5 Å². The van der Waals surface area contributed by atoms with Crippen molar-refractivity contribution in [3.63, 3.8) is 0 Å². The molecule has 6 heteroatoms. The maximum Gasteiger partial charge on any atom is 0.354 e. The molecule has 0 aromatic heterocycles. The first-order chi connectivity index (χ1) is 9.50. The first-order valence-electron chi connectivity index (χ1n) is 6.13. The van der Waals surface area contributed by atoms with Gasteiger partial charge >= 0.3 is 11.9 Å². The van der Waals surface area contributed by atoms with Crippen molar-refractivity contribution in [2.75, 3.05) is 13.2 Å². The molecule has 1 aromatic carbocycles. The summed E-state index contributed by atoms with van der Waals surface area (Å²) >= 11 is 0. The lowest BCUT2D eigenvalue weighted by Crippen LogP contribution is -2.46. The van der Waals surface area contributed by atoms with Gasteiger partial charge in [-0.3, -0.25) is 4.79 Å². The zero-order chi connectivity index (χ0) is 15.2. The monoisotopic (exact) mass is 280 g/mol. The summed E-state index contributed by atoms with van der Waals surface area (Å²) in [6, 6.07) is 5.37. The lowest BCUT2D eigenvalue weighted by Gasteiger charge is -2.23. The Labute approximate surface area is 116 Å². The van der Waals surface area contributed by atoms with E-state index in [4.69, 9.17) is 9.47 Å². The minimum atomic E-state index is -2.53. The predicted octanol–water partition coefficient (Wildman–Crippen LogP) is 0.813. The van der Waals surface area contributed by atoms with Crippen LogP contribution >= 0.6 is 0 Å². The quantitative estimate of drug-likeness (QED) is 0.471. The van der Waals surface area contributed by atoms with E-state index in [-0.39, 0.29) is 18.8 Å². The number of benzene rings is 1. The van der Waals surface area contributed by atoms with Crippen molar-refractivity contribution in [2.24, 2.45) is 0 Å². The van der Waals surface area contributed by atoms with Gasteiger partial charge in [0.1, 0.15) is 6.29 Å². The highest BCUT2D eigenvalue weighted by Crippen LogP contribution is 2.25. The third kappa shape index (κ3) is 3.03. The molecule has 1 N–H and O–H groups in total. The van der Waals surface area contributed by atoms with E-state index in [9.17, 15) is 19.5 Å². The number of aliphatic hydroxyl groups is 1. The summed E-state index contributed by atoms with van der Waals surface area (Å²) in [6.45, 7) is 3.12. The Kier molecular flexibility index (Phi) is 5.40. The fraction of sp³-hybridized carbons (Fsp3) is 0.357. The van der Waals surface area contributed by atoms with E-state index in [0.717, 1.165) is 0 Å². The van der Waals surface area contributed by atoms with Gasteiger partial charge < -0.3 is 14.6 Å². The van der Waals surface area contributed by atoms with Crippen LogP contribution in [0.15, 0.2) is 24.3 Å². The second kappa shape index (κ2) is 6.81.